The third-order valence-corrected chi connectivity index (χ3v) is 10.2. The van der Waals surface area contributed by atoms with E-state index >= 15 is 0 Å². The van der Waals surface area contributed by atoms with Crippen molar-refractivity contribution in [2.24, 2.45) is 0 Å². The third kappa shape index (κ3) is 5.95. The van der Waals surface area contributed by atoms with E-state index in [0.717, 1.165) is 39.3 Å². The number of nitrogen functional groups attached to an aromatic ring is 1. The fourth-order valence-electron chi connectivity index (χ4n) is 2.97. The minimum atomic E-state index is -4.91. The number of aromatic nitrogens is 4. The Bertz CT molecular complexity index is 1280. The van der Waals surface area contributed by atoms with Gasteiger partial charge in [0.2, 0.25) is 5.95 Å². The maximum absolute atomic E-state index is 12.9. The number of nitrogens with zero attached hydrogens (tertiary/aromatic N) is 3. The van der Waals surface area contributed by atoms with Crippen molar-refractivity contribution >= 4 is 40.6 Å². The highest BCUT2D eigenvalue weighted by molar-refractivity contribution is 7.67. The Morgan fingerprint density at radius 3 is 2.19 bits per heavy atom. The number of imidazole rings is 1. The first-order valence-corrected chi connectivity index (χ1v) is 14.1. The summed E-state index contributed by atoms with van der Waals surface area (Å²) in [6.45, 7) is -0.751. The monoisotopic (exact) mass is 579 g/mol. The van der Waals surface area contributed by atoms with Crippen molar-refractivity contribution < 1.29 is 59.9 Å². The summed E-state index contributed by atoms with van der Waals surface area (Å²) in [5.41, 5.74) is 4.77. The molecule has 0 radical (unpaired) electrons. The molecule has 2 unspecified atom stereocenters. The molecule has 3 heterocycles. The van der Waals surface area contributed by atoms with Crippen LogP contribution in [0.1, 0.15) is 6.23 Å². The van der Waals surface area contributed by atoms with Gasteiger partial charge in [0.25, 0.3) is 5.56 Å². The van der Waals surface area contributed by atoms with Crippen LogP contribution in [0.15, 0.2) is 11.1 Å². The van der Waals surface area contributed by atoms with Gasteiger partial charge in [0.15, 0.2) is 17.4 Å². The van der Waals surface area contributed by atoms with Gasteiger partial charge in [-0.05, 0) is 0 Å². The molecule has 3 rings (SSSR count). The number of hydrogen-bond acceptors (Lipinski definition) is 17. The molecule has 0 amide bonds. The second-order valence-corrected chi connectivity index (χ2v) is 12.6. The first-order valence-electron chi connectivity index (χ1n) is 9.67. The second kappa shape index (κ2) is 11.0. The van der Waals surface area contributed by atoms with E-state index in [1.807, 2.05) is 0 Å². The van der Waals surface area contributed by atoms with Crippen molar-refractivity contribution in [3.63, 3.8) is 0 Å². The molecule has 0 bridgehead atoms. The predicted octanol–water partition coefficient (Wildman–Crippen LogP) is 0.281. The highest BCUT2D eigenvalue weighted by Gasteiger charge is 2.48. The van der Waals surface area contributed by atoms with Gasteiger partial charge in [-0.3, -0.25) is 37.0 Å². The highest BCUT2D eigenvalue weighted by atomic mass is 31.3. The lowest BCUT2D eigenvalue weighted by molar-refractivity contribution is -0.0508. The van der Waals surface area contributed by atoms with Crippen LogP contribution >= 0.6 is 23.5 Å². The molecule has 36 heavy (non-hydrogen) atoms. The Labute approximate surface area is 202 Å². The zero-order valence-electron chi connectivity index (χ0n) is 19.1. The third-order valence-electron chi connectivity index (χ3n) is 4.75. The van der Waals surface area contributed by atoms with Crippen molar-refractivity contribution in [3.05, 3.63) is 16.7 Å². The molecule has 2 aromatic rings. The summed E-state index contributed by atoms with van der Waals surface area (Å²) >= 11 is 0. The summed E-state index contributed by atoms with van der Waals surface area (Å²) in [6.07, 6.45) is -4.76. The maximum Gasteiger partial charge on any atom is 0.492 e. The summed E-state index contributed by atoms with van der Waals surface area (Å²) in [5, 5.41) is 20.9. The fraction of sp³-hybridized carbons (Fsp3) is 0.643. The van der Waals surface area contributed by atoms with Gasteiger partial charge in [0, 0.05) is 28.4 Å². The second-order valence-electron chi connectivity index (χ2n) is 6.85. The van der Waals surface area contributed by atoms with Crippen molar-refractivity contribution in [1.82, 2.24) is 19.5 Å². The number of nitrogens with two attached hydrogens (primary N) is 1. The number of aliphatic hydroxyl groups excluding tert-OH is 2. The van der Waals surface area contributed by atoms with Crippen LogP contribution in [0.25, 0.3) is 11.2 Å². The Morgan fingerprint density at radius 2 is 1.61 bits per heavy atom. The van der Waals surface area contributed by atoms with Gasteiger partial charge in [-0.25, -0.2) is 18.7 Å². The summed E-state index contributed by atoms with van der Waals surface area (Å²) in [4.78, 5) is 22.1. The van der Waals surface area contributed by atoms with Gasteiger partial charge >= 0.3 is 23.5 Å². The molecule has 19 nitrogen and oxygen atoms in total. The number of anilines is 1. The van der Waals surface area contributed by atoms with Crippen molar-refractivity contribution in [1.29, 1.82) is 0 Å². The van der Waals surface area contributed by atoms with E-state index in [9.17, 15) is 28.7 Å². The van der Waals surface area contributed by atoms with Crippen molar-refractivity contribution in [3.8, 4) is 0 Å². The van der Waals surface area contributed by atoms with Gasteiger partial charge < -0.3 is 20.7 Å². The normalized spacial score (nSPS) is 26.2. The largest absolute Gasteiger partial charge is 0.492 e. The molecule has 1 saturated heterocycles. The van der Waals surface area contributed by atoms with Crippen LogP contribution in [-0.4, -0.2) is 83.1 Å². The molecule has 0 aliphatic carbocycles. The number of ether oxygens (including phenoxy) is 1. The Hall–Kier alpha value is -1.56. The first-order chi connectivity index (χ1) is 16.8. The lowest BCUT2D eigenvalue weighted by Crippen LogP contribution is -2.33. The lowest BCUT2D eigenvalue weighted by atomic mass is 10.1. The minimum Gasteiger partial charge on any atom is -0.387 e. The van der Waals surface area contributed by atoms with Crippen LogP contribution in [-0.2, 0) is 49.7 Å². The van der Waals surface area contributed by atoms with Gasteiger partial charge in [-0.15, -0.1) is 0 Å². The smallest absolute Gasteiger partial charge is 0.387 e. The zero-order chi connectivity index (χ0) is 26.9. The molecular formula is C14H24N5O14P3. The number of aromatic amines is 1. The molecule has 0 spiro atoms. The molecule has 5 N–H and O–H groups in total. The van der Waals surface area contributed by atoms with Gasteiger partial charge in [0.1, 0.15) is 18.3 Å². The summed E-state index contributed by atoms with van der Waals surface area (Å²) < 4.78 is 77.0. The van der Waals surface area contributed by atoms with Gasteiger partial charge in [-0.2, -0.15) is 13.6 Å². The topological polar surface area (TPSA) is 255 Å². The average molecular weight is 579 g/mol. The van der Waals surface area contributed by atoms with E-state index < -0.39 is 60.2 Å². The molecule has 2 aromatic heterocycles. The van der Waals surface area contributed by atoms with E-state index in [2.05, 4.69) is 37.4 Å². The quantitative estimate of drug-likeness (QED) is 0.246. The van der Waals surface area contributed by atoms with Crippen LogP contribution in [0, 0.1) is 0 Å². The summed E-state index contributed by atoms with van der Waals surface area (Å²) in [6, 6.07) is 0. The van der Waals surface area contributed by atoms with Gasteiger partial charge in [-0.1, -0.05) is 0 Å². The summed E-state index contributed by atoms with van der Waals surface area (Å²) in [7, 11) is -10.6. The number of aliphatic hydroxyl groups is 2. The molecule has 204 valence electrons. The van der Waals surface area contributed by atoms with Gasteiger partial charge in [0.05, 0.1) is 12.9 Å². The zero-order valence-corrected chi connectivity index (χ0v) is 21.8. The number of phosphoric ester groups is 2. The first kappa shape index (κ1) is 29.0. The SMILES string of the molecule is COP(=O)(OC)OP(=O)(OC)OP(=O)(OC)OC[C@H]1O[C@@H](n2cnc3c(=O)[nH]c(N)nc32)[C@H](O)[C@@H]1O. The van der Waals surface area contributed by atoms with Crippen molar-refractivity contribution in [2.45, 2.75) is 24.5 Å². The van der Waals surface area contributed by atoms with E-state index in [-0.39, 0.29) is 17.1 Å². The number of nitrogens with one attached hydrogen (secondary N) is 1. The predicted molar refractivity (Wildman–Crippen MR) is 117 cm³/mol. The molecule has 0 saturated carbocycles. The average Bonchev–Trinajstić information content (AvgIpc) is 3.38. The lowest BCUT2D eigenvalue weighted by Gasteiger charge is -2.24. The van der Waals surface area contributed by atoms with Crippen LogP contribution < -0.4 is 11.3 Å². The Balaban J connectivity index is 1.76. The van der Waals surface area contributed by atoms with E-state index in [1.54, 1.807) is 0 Å². The number of fused-ring (bicyclic) bond motifs is 1. The number of rotatable bonds is 12. The minimum absolute atomic E-state index is 0.0427. The highest BCUT2D eigenvalue weighted by Crippen LogP contribution is 2.72. The molecule has 6 atom stereocenters. The van der Waals surface area contributed by atoms with Crippen molar-refractivity contribution in [2.75, 3.05) is 40.8 Å². The molecule has 1 fully saturated rings. The van der Waals surface area contributed by atoms with Crippen LogP contribution in [0.3, 0.4) is 0 Å². The number of phosphoric acid groups is 3. The molecule has 0 aromatic carbocycles. The molecular weight excluding hydrogens is 555 g/mol. The Kier molecular flexibility index (Phi) is 8.90. The van der Waals surface area contributed by atoms with Crippen LogP contribution in [0.4, 0.5) is 5.95 Å². The molecule has 1 aliphatic rings. The number of H-pyrrole nitrogens is 1. The van der Waals surface area contributed by atoms with E-state index in [1.165, 1.54) is 0 Å². The standard InChI is InChI=1S/C14H24N5O14P3/c1-26-34(23,27-2)32-36(25,29-4)33-35(24,28-3)30-5-7-9(20)10(21)13(31-7)19-6-16-8-11(19)17-14(15)18-12(8)22/h6-7,9-10,13,20-21H,5H2,1-4H3,(H3,15,17,18,22)/t7-,9-,10-,13-,35?,36?/m1/s1. The maximum atomic E-state index is 12.9. The fourth-order valence-corrected chi connectivity index (χ4v) is 7.42. The molecule has 22 heteroatoms. The van der Waals surface area contributed by atoms with Crippen LogP contribution in [0.2, 0.25) is 0 Å². The van der Waals surface area contributed by atoms with E-state index in [4.69, 9.17) is 19.3 Å². The molecule has 1 aliphatic heterocycles. The summed E-state index contributed by atoms with van der Waals surface area (Å²) in [5.74, 6) is -0.225. The number of hydrogen-bond donors (Lipinski definition) is 4. The van der Waals surface area contributed by atoms with Crippen LogP contribution in [0.5, 0.6) is 0 Å². The Morgan fingerprint density at radius 1 is 1.03 bits per heavy atom. The van der Waals surface area contributed by atoms with E-state index in [0.29, 0.717) is 0 Å².